The maximum Gasteiger partial charge on any atom is 0.202 e. The molecule has 2 rings (SSSR count). The van der Waals surface area contributed by atoms with Gasteiger partial charge in [0.15, 0.2) is 0 Å². The summed E-state index contributed by atoms with van der Waals surface area (Å²) in [5, 5.41) is 3.02. The number of aromatic nitrogens is 2. The fraction of sp³-hybridized carbons (Fsp3) is 0.250. The Balaban J connectivity index is 1.85. The number of imidazole rings is 1. The zero-order chi connectivity index (χ0) is 11.2. The van der Waals surface area contributed by atoms with Crippen molar-refractivity contribution in [1.29, 1.82) is 0 Å². The number of rotatable bonds is 5. The van der Waals surface area contributed by atoms with Gasteiger partial charge in [0.25, 0.3) is 0 Å². The summed E-state index contributed by atoms with van der Waals surface area (Å²) >= 11 is 0. The summed E-state index contributed by atoms with van der Waals surface area (Å²) in [5.41, 5.74) is 0. The fourth-order valence-electron chi connectivity index (χ4n) is 1.50. The molecule has 0 unspecified atom stereocenters. The maximum atomic E-state index is 5.60. The lowest BCUT2D eigenvalue weighted by atomic mass is 10.3. The van der Waals surface area contributed by atoms with Crippen molar-refractivity contribution in [1.82, 2.24) is 9.55 Å². The highest BCUT2D eigenvalue weighted by Gasteiger charge is 1.99. The van der Waals surface area contributed by atoms with Gasteiger partial charge in [-0.1, -0.05) is 18.2 Å². The second-order valence-corrected chi connectivity index (χ2v) is 3.36. The van der Waals surface area contributed by atoms with Crippen LogP contribution in [0.25, 0.3) is 0 Å². The quantitative estimate of drug-likeness (QED) is 0.832. The topological polar surface area (TPSA) is 39.1 Å². The Kier molecular flexibility index (Phi) is 3.43. The first-order valence-electron chi connectivity index (χ1n) is 5.27. The summed E-state index contributed by atoms with van der Waals surface area (Å²) in [6.07, 6.45) is 3.70. The highest BCUT2D eigenvalue weighted by Crippen LogP contribution is 2.09. The van der Waals surface area contributed by atoms with Crippen molar-refractivity contribution < 1.29 is 4.74 Å². The fourth-order valence-corrected chi connectivity index (χ4v) is 1.50. The molecule has 0 atom stereocenters. The Hall–Kier alpha value is -1.97. The lowest BCUT2D eigenvalue weighted by Gasteiger charge is -2.08. The molecule has 0 spiro atoms. The Morgan fingerprint density at radius 3 is 2.88 bits per heavy atom. The van der Waals surface area contributed by atoms with E-state index in [1.807, 2.05) is 48.1 Å². The van der Waals surface area contributed by atoms with Gasteiger partial charge >= 0.3 is 0 Å². The molecule has 1 heterocycles. The van der Waals surface area contributed by atoms with Crippen molar-refractivity contribution in [2.24, 2.45) is 0 Å². The molecule has 2 aromatic rings. The minimum atomic E-state index is 0.634. The summed E-state index contributed by atoms with van der Waals surface area (Å²) in [7, 11) is 1.86. The number of ether oxygens (including phenoxy) is 1. The van der Waals surface area contributed by atoms with Crippen molar-refractivity contribution in [3.63, 3.8) is 0 Å². The van der Waals surface area contributed by atoms with Crippen LogP contribution in [-0.2, 0) is 6.54 Å². The Labute approximate surface area is 94.9 Å². The van der Waals surface area contributed by atoms with Gasteiger partial charge in [-0.3, -0.25) is 0 Å². The molecule has 1 N–H and O–H groups in total. The van der Waals surface area contributed by atoms with E-state index in [2.05, 4.69) is 10.3 Å². The molecule has 16 heavy (non-hydrogen) atoms. The standard InChI is InChI=1S/C12H15N3O/c1-13-12-14-7-8-15(12)9-10-16-11-5-3-2-4-6-11/h2-8H,9-10H2,1H3,(H,13,14). The molecule has 0 radical (unpaired) electrons. The third-order valence-electron chi connectivity index (χ3n) is 2.28. The van der Waals surface area contributed by atoms with Gasteiger partial charge in [0.1, 0.15) is 12.4 Å². The molecule has 0 amide bonds. The molecule has 4 heteroatoms. The third kappa shape index (κ3) is 2.53. The largest absolute Gasteiger partial charge is 0.492 e. The van der Waals surface area contributed by atoms with E-state index in [1.165, 1.54) is 0 Å². The normalized spacial score (nSPS) is 10.1. The molecular weight excluding hydrogens is 202 g/mol. The average Bonchev–Trinajstić information content (AvgIpc) is 2.78. The monoisotopic (exact) mass is 217 g/mol. The van der Waals surface area contributed by atoms with E-state index in [-0.39, 0.29) is 0 Å². The van der Waals surface area contributed by atoms with Crippen molar-refractivity contribution in [2.45, 2.75) is 6.54 Å². The molecule has 4 nitrogen and oxygen atoms in total. The summed E-state index contributed by atoms with van der Waals surface area (Å²) in [6.45, 7) is 1.42. The van der Waals surface area contributed by atoms with Crippen LogP contribution in [0.1, 0.15) is 0 Å². The number of hydrogen-bond donors (Lipinski definition) is 1. The molecule has 0 saturated heterocycles. The second kappa shape index (κ2) is 5.21. The molecule has 0 bridgehead atoms. The van der Waals surface area contributed by atoms with E-state index in [4.69, 9.17) is 4.74 Å². The van der Waals surface area contributed by atoms with Gasteiger partial charge in [-0.05, 0) is 12.1 Å². The van der Waals surface area contributed by atoms with Gasteiger partial charge in [-0.15, -0.1) is 0 Å². The number of hydrogen-bond acceptors (Lipinski definition) is 3. The second-order valence-electron chi connectivity index (χ2n) is 3.36. The van der Waals surface area contributed by atoms with Crippen LogP contribution in [-0.4, -0.2) is 23.2 Å². The predicted molar refractivity (Wildman–Crippen MR) is 63.7 cm³/mol. The molecule has 0 saturated carbocycles. The van der Waals surface area contributed by atoms with Crippen LogP contribution in [0, 0.1) is 0 Å². The van der Waals surface area contributed by atoms with Crippen molar-refractivity contribution in [2.75, 3.05) is 19.0 Å². The zero-order valence-electron chi connectivity index (χ0n) is 9.26. The summed E-state index contributed by atoms with van der Waals surface area (Å²) in [6, 6.07) is 9.80. The smallest absolute Gasteiger partial charge is 0.202 e. The number of nitrogens with one attached hydrogen (secondary N) is 1. The molecular formula is C12H15N3O. The Bertz CT molecular complexity index is 425. The average molecular weight is 217 g/mol. The van der Waals surface area contributed by atoms with Crippen molar-refractivity contribution in [3.8, 4) is 5.75 Å². The van der Waals surface area contributed by atoms with Gasteiger partial charge < -0.3 is 14.6 Å². The van der Waals surface area contributed by atoms with Crippen LogP contribution < -0.4 is 10.1 Å². The van der Waals surface area contributed by atoms with E-state index >= 15 is 0 Å². The summed E-state index contributed by atoms with van der Waals surface area (Å²) in [5.74, 6) is 1.75. The first-order chi connectivity index (χ1) is 7.90. The van der Waals surface area contributed by atoms with E-state index in [1.54, 1.807) is 6.20 Å². The first kappa shape index (κ1) is 10.5. The highest BCUT2D eigenvalue weighted by atomic mass is 16.5. The highest BCUT2D eigenvalue weighted by molar-refractivity contribution is 5.24. The first-order valence-corrected chi connectivity index (χ1v) is 5.27. The molecule has 0 aliphatic carbocycles. The third-order valence-corrected chi connectivity index (χ3v) is 2.28. The number of anilines is 1. The lowest BCUT2D eigenvalue weighted by Crippen LogP contribution is -2.10. The SMILES string of the molecule is CNc1nccn1CCOc1ccccc1. The molecule has 1 aromatic carbocycles. The number of benzene rings is 1. The van der Waals surface area contributed by atoms with Gasteiger partial charge in [0.05, 0.1) is 6.54 Å². The zero-order valence-corrected chi connectivity index (χ0v) is 9.26. The van der Waals surface area contributed by atoms with Crippen molar-refractivity contribution >= 4 is 5.95 Å². The molecule has 0 fully saturated rings. The number of nitrogens with zero attached hydrogens (tertiary/aromatic N) is 2. The van der Waals surface area contributed by atoms with E-state index in [0.717, 1.165) is 18.2 Å². The van der Waals surface area contributed by atoms with Crippen LogP contribution in [0.15, 0.2) is 42.7 Å². The van der Waals surface area contributed by atoms with Gasteiger partial charge in [-0.25, -0.2) is 4.98 Å². The lowest BCUT2D eigenvalue weighted by molar-refractivity contribution is 0.299. The van der Waals surface area contributed by atoms with E-state index in [0.29, 0.717) is 6.61 Å². The van der Waals surface area contributed by atoms with Crippen LogP contribution >= 0.6 is 0 Å². The molecule has 84 valence electrons. The van der Waals surface area contributed by atoms with Crippen molar-refractivity contribution in [3.05, 3.63) is 42.7 Å². The van der Waals surface area contributed by atoms with Crippen LogP contribution in [0.2, 0.25) is 0 Å². The Morgan fingerprint density at radius 1 is 1.31 bits per heavy atom. The predicted octanol–water partition coefficient (Wildman–Crippen LogP) is 2.00. The summed E-state index contributed by atoms with van der Waals surface area (Å²) < 4.78 is 7.62. The minimum Gasteiger partial charge on any atom is -0.492 e. The van der Waals surface area contributed by atoms with Crippen LogP contribution in [0.4, 0.5) is 5.95 Å². The number of para-hydroxylation sites is 1. The maximum absolute atomic E-state index is 5.60. The van der Waals surface area contributed by atoms with Crippen LogP contribution in [0.5, 0.6) is 5.75 Å². The minimum absolute atomic E-state index is 0.634. The van der Waals surface area contributed by atoms with E-state index < -0.39 is 0 Å². The van der Waals surface area contributed by atoms with Gasteiger partial charge in [0, 0.05) is 19.4 Å². The molecule has 1 aromatic heterocycles. The van der Waals surface area contributed by atoms with E-state index in [9.17, 15) is 0 Å². The molecule has 0 aliphatic rings. The van der Waals surface area contributed by atoms with Crippen LogP contribution in [0.3, 0.4) is 0 Å². The van der Waals surface area contributed by atoms with Gasteiger partial charge in [-0.2, -0.15) is 0 Å². The van der Waals surface area contributed by atoms with Gasteiger partial charge in [0.2, 0.25) is 5.95 Å². The Morgan fingerprint density at radius 2 is 2.12 bits per heavy atom. The summed E-state index contributed by atoms with van der Waals surface area (Å²) in [4.78, 5) is 4.16. The molecule has 0 aliphatic heterocycles.